The summed E-state index contributed by atoms with van der Waals surface area (Å²) in [6.45, 7) is 8.24. The van der Waals surface area contributed by atoms with E-state index >= 15 is 0 Å². The van der Waals surface area contributed by atoms with E-state index in [9.17, 15) is 0 Å². The van der Waals surface area contributed by atoms with E-state index in [1.165, 1.54) is 6.42 Å². The van der Waals surface area contributed by atoms with Crippen molar-refractivity contribution in [3.63, 3.8) is 0 Å². The molecule has 0 aromatic heterocycles. The monoisotopic (exact) mass is 188 g/mol. The van der Waals surface area contributed by atoms with Gasteiger partial charge in [-0.1, -0.05) is 6.92 Å². The average molecular weight is 188 g/mol. The van der Waals surface area contributed by atoms with Crippen LogP contribution in [0, 0.1) is 0 Å². The number of hydrogen-bond donors (Lipinski definition) is 1. The van der Waals surface area contributed by atoms with E-state index in [1.807, 2.05) is 0 Å². The lowest BCUT2D eigenvalue weighted by Crippen LogP contribution is -2.36. The Kier molecular flexibility index (Phi) is 8.40. The number of likely N-dealkylation sites (N-methyl/N-ethyl adjacent to an activating group) is 1. The summed E-state index contributed by atoms with van der Waals surface area (Å²) in [5.74, 6) is 0. The number of unbranched alkanes of at least 4 members (excludes halogenated alkanes) is 1. The summed E-state index contributed by atoms with van der Waals surface area (Å²) in [5.41, 5.74) is 5.45. The number of hydrogen-bond acceptors (Lipinski definition) is 3. The maximum absolute atomic E-state index is 5.45. The van der Waals surface area contributed by atoms with Crippen molar-refractivity contribution in [2.24, 2.45) is 5.73 Å². The van der Waals surface area contributed by atoms with Crippen LogP contribution in [-0.2, 0) is 4.74 Å². The van der Waals surface area contributed by atoms with Crippen LogP contribution in [0.4, 0.5) is 0 Å². The van der Waals surface area contributed by atoms with Gasteiger partial charge in [0.15, 0.2) is 0 Å². The quantitative estimate of drug-likeness (QED) is 0.579. The zero-order chi connectivity index (χ0) is 10.1. The van der Waals surface area contributed by atoms with Gasteiger partial charge in [-0.2, -0.15) is 0 Å². The van der Waals surface area contributed by atoms with Crippen molar-refractivity contribution in [2.45, 2.75) is 32.7 Å². The molecule has 0 aliphatic rings. The van der Waals surface area contributed by atoms with Gasteiger partial charge in [0.05, 0.1) is 6.61 Å². The molecule has 0 aromatic carbocycles. The maximum Gasteiger partial charge on any atom is 0.0615 e. The van der Waals surface area contributed by atoms with Gasteiger partial charge in [-0.25, -0.2) is 0 Å². The van der Waals surface area contributed by atoms with E-state index in [2.05, 4.69) is 18.7 Å². The smallest absolute Gasteiger partial charge is 0.0615 e. The lowest BCUT2D eigenvalue weighted by atomic mass is 10.2. The Labute approximate surface area is 82.2 Å². The minimum absolute atomic E-state index is 0.521. The van der Waals surface area contributed by atoms with Crippen molar-refractivity contribution in [3.05, 3.63) is 0 Å². The molecule has 0 fully saturated rings. The molecule has 1 atom stereocenters. The summed E-state index contributed by atoms with van der Waals surface area (Å²) in [7, 11) is 1.75. The van der Waals surface area contributed by atoms with Gasteiger partial charge in [-0.05, 0) is 39.4 Å². The Morgan fingerprint density at radius 3 is 2.54 bits per heavy atom. The highest BCUT2D eigenvalue weighted by atomic mass is 16.5. The fraction of sp³-hybridized carbons (Fsp3) is 1.00. The Morgan fingerprint density at radius 1 is 1.38 bits per heavy atom. The molecule has 13 heavy (non-hydrogen) atoms. The zero-order valence-corrected chi connectivity index (χ0v) is 9.25. The van der Waals surface area contributed by atoms with Crippen molar-refractivity contribution >= 4 is 0 Å². The van der Waals surface area contributed by atoms with Gasteiger partial charge in [0.25, 0.3) is 0 Å². The molecule has 0 aliphatic carbocycles. The van der Waals surface area contributed by atoms with Gasteiger partial charge in [-0.15, -0.1) is 0 Å². The first kappa shape index (κ1) is 12.9. The summed E-state index contributed by atoms with van der Waals surface area (Å²) in [5, 5.41) is 0. The molecule has 0 saturated carbocycles. The van der Waals surface area contributed by atoms with Crippen molar-refractivity contribution in [2.75, 3.05) is 33.4 Å². The Balaban J connectivity index is 3.60. The van der Waals surface area contributed by atoms with Crippen molar-refractivity contribution in [1.82, 2.24) is 4.90 Å². The SMILES string of the molecule is CCN(CCCCN)C(C)COC. The molecule has 0 radical (unpaired) electrons. The minimum atomic E-state index is 0.521. The van der Waals surface area contributed by atoms with Crippen LogP contribution < -0.4 is 5.73 Å². The Bertz CT molecular complexity index is 109. The van der Waals surface area contributed by atoms with Gasteiger partial charge in [0.1, 0.15) is 0 Å². The van der Waals surface area contributed by atoms with Crippen molar-refractivity contribution in [1.29, 1.82) is 0 Å². The van der Waals surface area contributed by atoms with Crippen LogP contribution in [0.3, 0.4) is 0 Å². The summed E-state index contributed by atoms with van der Waals surface area (Å²) in [6, 6.07) is 0.521. The van der Waals surface area contributed by atoms with E-state index in [0.29, 0.717) is 6.04 Å². The number of nitrogens with zero attached hydrogens (tertiary/aromatic N) is 1. The third-order valence-electron chi connectivity index (χ3n) is 2.34. The molecule has 0 amide bonds. The molecule has 0 aromatic rings. The predicted molar refractivity (Wildman–Crippen MR) is 56.9 cm³/mol. The first-order valence-corrected chi connectivity index (χ1v) is 5.19. The second-order valence-corrected chi connectivity index (χ2v) is 3.43. The van der Waals surface area contributed by atoms with Crippen LogP contribution in [0.5, 0.6) is 0 Å². The highest BCUT2D eigenvalue weighted by Crippen LogP contribution is 2.01. The van der Waals surface area contributed by atoms with Crippen LogP contribution in [0.2, 0.25) is 0 Å². The summed E-state index contributed by atoms with van der Waals surface area (Å²) < 4.78 is 5.13. The zero-order valence-electron chi connectivity index (χ0n) is 9.25. The van der Waals surface area contributed by atoms with E-state index in [-0.39, 0.29) is 0 Å². The summed E-state index contributed by atoms with van der Waals surface area (Å²) in [6.07, 6.45) is 2.31. The number of nitrogens with two attached hydrogens (primary N) is 1. The second-order valence-electron chi connectivity index (χ2n) is 3.43. The molecular weight excluding hydrogens is 164 g/mol. The molecule has 80 valence electrons. The molecule has 0 bridgehead atoms. The second kappa shape index (κ2) is 8.48. The Morgan fingerprint density at radius 2 is 2.08 bits per heavy atom. The van der Waals surface area contributed by atoms with Crippen LogP contribution in [0.25, 0.3) is 0 Å². The lowest BCUT2D eigenvalue weighted by Gasteiger charge is -2.27. The van der Waals surface area contributed by atoms with Gasteiger partial charge in [0.2, 0.25) is 0 Å². The number of rotatable bonds is 8. The first-order valence-electron chi connectivity index (χ1n) is 5.19. The van der Waals surface area contributed by atoms with Crippen LogP contribution in [0.1, 0.15) is 26.7 Å². The molecule has 0 saturated heterocycles. The standard InChI is InChI=1S/C10H24N2O/c1-4-12(8-6-5-7-11)10(2)9-13-3/h10H,4-9,11H2,1-3H3. The molecule has 2 N–H and O–H groups in total. The summed E-state index contributed by atoms with van der Waals surface area (Å²) >= 11 is 0. The molecular formula is C10H24N2O. The highest BCUT2D eigenvalue weighted by molar-refractivity contribution is 4.64. The van der Waals surface area contributed by atoms with Gasteiger partial charge >= 0.3 is 0 Å². The average Bonchev–Trinajstić information content (AvgIpc) is 2.13. The van der Waals surface area contributed by atoms with Gasteiger partial charge < -0.3 is 10.5 Å². The lowest BCUT2D eigenvalue weighted by molar-refractivity contribution is 0.102. The molecule has 3 nitrogen and oxygen atoms in total. The van der Waals surface area contributed by atoms with Gasteiger partial charge in [-0.3, -0.25) is 4.90 Å². The first-order chi connectivity index (χ1) is 6.26. The normalized spacial score (nSPS) is 13.6. The maximum atomic E-state index is 5.45. The largest absolute Gasteiger partial charge is 0.383 e. The summed E-state index contributed by atoms with van der Waals surface area (Å²) in [4.78, 5) is 2.43. The molecule has 0 heterocycles. The van der Waals surface area contributed by atoms with Crippen molar-refractivity contribution < 1.29 is 4.74 Å². The van der Waals surface area contributed by atoms with Crippen LogP contribution >= 0.6 is 0 Å². The van der Waals surface area contributed by atoms with E-state index < -0.39 is 0 Å². The van der Waals surface area contributed by atoms with E-state index in [0.717, 1.165) is 32.7 Å². The number of ether oxygens (including phenoxy) is 1. The van der Waals surface area contributed by atoms with Crippen LogP contribution in [0.15, 0.2) is 0 Å². The fourth-order valence-electron chi connectivity index (χ4n) is 1.50. The van der Waals surface area contributed by atoms with E-state index in [1.54, 1.807) is 7.11 Å². The third-order valence-corrected chi connectivity index (χ3v) is 2.34. The van der Waals surface area contributed by atoms with Crippen LogP contribution in [-0.4, -0.2) is 44.3 Å². The molecule has 1 unspecified atom stereocenters. The Hall–Kier alpha value is -0.120. The molecule has 0 rings (SSSR count). The molecule has 3 heteroatoms. The third kappa shape index (κ3) is 6.02. The van der Waals surface area contributed by atoms with Crippen molar-refractivity contribution in [3.8, 4) is 0 Å². The molecule has 0 spiro atoms. The predicted octanol–water partition coefficient (Wildman–Crippen LogP) is 1.08. The highest BCUT2D eigenvalue weighted by Gasteiger charge is 2.10. The minimum Gasteiger partial charge on any atom is -0.383 e. The topological polar surface area (TPSA) is 38.5 Å². The molecule has 0 aliphatic heterocycles. The fourth-order valence-corrected chi connectivity index (χ4v) is 1.50. The van der Waals surface area contributed by atoms with E-state index in [4.69, 9.17) is 10.5 Å². The number of methoxy groups -OCH3 is 1. The van der Waals surface area contributed by atoms with Gasteiger partial charge in [0, 0.05) is 13.2 Å².